The van der Waals surface area contributed by atoms with Crippen LogP contribution in [0.5, 0.6) is 0 Å². The quantitative estimate of drug-likeness (QED) is 0.711. The topological polar surface area (TPSA) is 17.1 Å². The van der Waals surface area contributed by atoms with Crippen molar-refractivity contribution < 1.29 is 4.79 Å². The maximum atomic E-state index is 12.0. The van der Waals surface area contributed by atoms with Gasteiger partial charge < -0.3 is 0 Å². The van der Waals surface area contributed by atoms with Crippen LogP contribution in [0.25, 0.3) is 0 Å². The molecule has 0 saturated heterocycles. The zero-order valence-electron chi connectivity index (χ0n) is 8.92. The van der Waals surface area contributed by atoms with Crippen LogP contribution in [0.4, 0.5) is 0 Å². The van der Waals surface area contributed by atoms with E-state index in [0.717, 1.165) is 11.3 Å². The molecule has 1 nitrogen and oxygen atoms in total. The third-order valence-corrected chi connectivity index (χ3v) is 5.00. The lowest BCUT2D eigenvalue weighted by atomic mass is 9.81. The summed E-state index contributed by atoms with van der Waals surface area (Å²) in [6, 6.07) is 2.16. The normalized spacial score (nSPS) is 20.0. The fourth-order valence-corrected chi connectivity index (χ4v) is 3.73. The molecular weight excluding hydrogens is 204 g/mol. The van der Waals surface area contributed by atoms with Crippen molar-refractivity contribution in [1.29, 1.82) is 0 Å². The minimum atomic E-state index is 0.402. The van der Waals surface area contributed by atoms with E-state index in [4.69, 9.17) is 0 Å². The van der Waals surface area contributed by atoms with Crippen molar-refractivity contribution >= 4 is 17.1 Å². The predicted octanol–water partition coefficient (Wildman–Crippen LogP) is 3.61. The van der Waals surface area contributed by atoms with Crippen LogP contribution in [-0.2, 0) is 12.8 Å². The standard InChI is InChI=1S/C13H16OS/c14-11(7-9-3-1-4-9)13-8-10-5-2-6-12(10)15-13/h8-9H,1-7H2. The van der Waals surface area contributed by atoms with Gasteiger partial charge in [-0.3, -0.25) is 4.79 Å². The van der Waals surface area contributed by atoms with Crippen molar-refractivity contribution in [3.05, 3.63) is 21.4 Å². The summed E-state index contributed by atoms with van der Waals surface area (Å²) in [5.74, 6) is 1.11. The van der Waals surface area contributed by atoms with Gasteiger partial charge in [0.1, 0.15) is 0 Å². The Morgan fingerprint density at radius 2 is 2.20 bits per heavy atom. The van der Waals surface area contributed by atoms with Crippen LogP contribution >= 0.6 is 11.3 Å². The third kappa shape index (κ3) is 1.76. The highest BCUT2D eigenvalue weighted by atomic mass is 32.1. The Labute approximate surface area is 94.5 Å². The minimum Gasteiger partial charge on any atom is -0.293 e. The van der Waals surface area contributed by atoms with Crippen molar-refractivity contribution in [3.8, 4) is 0 Å². The lowest BCUT2D eigenvalue weighted by Crippen LogP contribution is -2.15. The Balaban J connectivity index is 1.71. The molecule has 1 saturated carbocycles. The van der Waals surface area contributed by atoms with E-state index >= 15 is 0 Å². The number of fused-ring (bicyclic) bond motifs is 1. The highest BCUT2D eigenvalue weighted by Gasteiger charge is 2.24. The van der Waals surface area contributed by atoms with E-state index in [2.05, 4.69) is 6.07 Å². The van der Waals surface area contributed by atoms with Gasteiger partial charge >= 0.3 is 0 Å². The first-order valence-corrected chi connectivity index (χ1v) is 6.79. The molecule has 2 aliphatic rings. The van der Waals surface area contributed by atoms with Crippen LogP contribution in [0.1, 0.15) is 52.2 Å². The van der Waals surface area contributed by atoms with E-state index in [9.17, 15) is 4.79 Å². The Kier molecular flexibility index (Phi) is 2.39. The van der Waals surface area contributed by atoms with Crippen molar-refractivity contribution in [2.75, 3.05) is 0 Å². The van der Waals surface area contributed by atoms with Crippen LogP contribution in [-0.4, -0.2) is 5.78 Å². The molecule has 2 aliphatic carbocycles. The van der Waals surface area contributed by atoms with Crippen LogP contribution in [0.15, 0.2) is 6.07 Å². The SMILES string of the molecule is O=C(CC1CCC1)c1cc2c(s1)CCC2. The Morgan fingerprint density at radius 1 is 1.33 bits per heavy atom. The number of ketones is 1. The molecule has 0 unspecified atom stereocenters. The van der Waals surface area contributed by atoms with E-state index in [1.807, 2.05) is 0 Å². The molecule has 0 bridgehead atoms. The summed E-state index contributed by atoms with van der Waals surface area (Å²) in [6.45, 7) is 0. The van der Waals surface area contributed by atoms with Crippen molar-refractivity contribution in [3.63, 3.8) is 0 Å². The molecule has 0 N–H and O–H groups in total. The zero-order valence-corrected chi connectivity index (χ0v) is 9.74. The van der Waals surface area contributed by atoms with E-state index in [1.54, 1.807) is 11.3 Å². The second-order valence-corrected chi connectivity index (χ2v) is 5.97. The van der Waals surface area contributed by atoms with Crippen LogP contribution < -0.4 is 0 Å². The van der Waals surface area contributed by atoms with Gasteiger partial charge in [-0.15, -0.1) is 11.3 Å². The van der Waals surface area contributed by atoms with E-state index < -0.39 is 0 Å². The Hall–Kier alpha value is -0.630. The number of carbonyl (C=O) groups is 1. The number of aryl methyl sites for hydroxylation is 2. The largest absolute Gasteiger partial charge is 0.293 e. The number of Topliss-reactive ketones (excluding diaryl/α,β-unsaturated/α-hetero) is 1. The van der Waals surface area contributed by atoms with Crippen molar-refractivity contribution in [2.24, 2.45) is 5.92 Å². The maximum Gasteiger partial charge on any atom is 0.173 e. The summed E-state index contributed by atoms with van der Waals surface area (Å²) in [6.07, 6.45) is 8.38. The number of hydrogen-bond acceptors (Lipinski definition) is 2. The molecule has 15 heavy (non-hydrogen) atoms. The van der Waals surface area contributed by atoms with Gasteiger partial charge in [0.05, 0.1) is 4.88 Å². The smallest absolute Gasteiger partial charge is 0.173 e. The third-order valence-electron chi connectivity index (χ3n) is 3.72. The highest BCUT2D eigenvalue weighted by molar-refractivity contribution is 7.14. The molecule has 0 radical (unpaired) electrons. The van der Waals surface area contributed by atoms with Crippen LogP contribution in [0, 0.1) is 5.92 Å². The number of carbonyl (C=O) groups excluding carboxylic acids is 1. The lowest BCUT2D eigenvalue weighted by Gasteiger charge is -2.23. The molecule has 1 aromatic rings. The molecule has 0 spiro atoms. The molecule has 1 fully saturated rings. The first-order valence-electron chi connectivity index (χ1n) is 5.98. The molecule has 1 aromatic heterocycles. The molecular formula is C13H16OS. The second-order valence-electron chi connectivity index (χ2n) is 4.84. The van der Waals surface area contributed by atoms with Crippen LogP contribution in [0.3, 0.4) is 0 Å². The van der Waals surface area contributed by atoms with Crippen molar-refractivity contribution in [1.82, 2.24) is 0 Å². The summed E-state index contributed by atoms with van der Waals surface area (Å²) in [4.78, 5) is 14.5. The van der Waals surface area contributed by atoms with Gasteiger partial charge in [-0.1, -0.05) is 19.3 Å². The fourth-order valence-electron chi connectivity index (χ4n) is 2.53. The van der Waals surface area contributed by atoms with Gasteiger partial charge in [-0.25, -0.2) is 0 Å². The first-order chi connectivity index (χ1) is 7.33. The molecule has 80 valence electrons. The second kappa shape index (κ2) is 3.75. The minimum absolute atomic E-state index is 0.402. The molecule has 3 rings (SSSR count). The molecule has 1 heterocycles. The summed E-state index contributed by atoms with van der Waals surface area (Å²) >= 11 is 1.76. The van der Waals surface area contributed by atoms with E-state index in [0.29, 0.717) is 11.7 Å². The molecule has 0 aliphatic heterocycles. The molecule has 0 atom stereocenters. The molecule has 0 aromatic carbocycles. The lowest BCUT2D eigenvalue weighted by molar-refractivity contribution is 0.0940. The first kappa shape index (κ1) is 9.59. The summed E-state index contributed by atoms with van der Waals surface area (Å²) in [5, 5.41) is 0. The fraction of sp³-hybridized carbons (Fsp3) is 0.615. The molecule has 2 heteroatoms. The molecule has 0 amide bonds. The maximum absolute atomic E-state index is 12.0. The highest BCUT2D eigenvalue weighted by Crippen LogP contribution is 2.34. The summed E-state index contributed by atoms with van der Waals surface area (Å²) < 4.78 is 0. The Bertz CT molecular complexity index is 366. The summed E-state index contributed by atoms with van der Waals surface area (Å²) in [7, 11) is 0. The zero-order chi connectivity index (χ0) is 10.3. The van der Waals surface area contributed by atoms with Gasteiger partial charge in [0.2, 0.25) is 0 Å². The Morgan fingerprint density at radius 3 is 2.87 bits per heavy atom. The van der Waals surface area contributed by atoms with E-state index in [-0.39, 0.29) is 0 Å². The van der Waals surface area contributed by atoms with Gasteiger partial charge in [-0.05, 0) is 36.8 Å². The average Bonchev–Trinajstić information content (AvgIpc) is 2.69. The monoisotopic (exact) mass is 220 g/mol. The number of thiophene rings is 1. The van der Waals surface area contributed by atoms with Gasteiger partial charge in [-0.2, -0.15) is 0 Å². The van der Waals surface area contributed by atoms with Gasteiger partial charge in [0.25, 0.3) is 0 Å². The van der Waals surface area contributed by atoms with Gasteiger partial charge in [0.15, 0.2) is 5.78 Å². The van der Waals surface area contributed by atoms with Crippen molar-refractivity contribution in [2.45, 2.75) is 44.9 Å². The number of hydrogen-bond donors (Lipinski definition) is 0. The summed E-state index contributed by atoms with van der Waals surface area (Å²) in [5.41, 5.74) is 1.46. The average molecular weight is 220 g/mol. The number of rotatable bonds is 3. The van der Waals surface area contributed by atoms with Crippen LogP contribution in [0.2, 0.25) is 0 Å². The van der Waals surface area contributed by atoms with Gasteiger partial charge in [0, 0.05) is 11.3 Å². The predicted molar refractivity (Wildman–Crippen MR) is 62.6 cm³/mol. The van der Waals surface area contributed by atoms with E-state index in [1.165, 1.54) is 49.0 Å².